The van der Waals surface area contributed by atoms with Crippen molar-refractivity contribution in [2.75, 3.05) is 25.4 Å². The minimum Gasteiger partial charge on any atom is -0.322 e. The van der Waals surface area contributed by atoms with Crippen molar-refractivity contribution in [2.24, 2.45) is 0 Å². The van der Waals surface area contributed by atoms with Gasteiger partial charge in [-0.3, -0.25) is 24.6 Å². The topological polar surface area (TPSA) is 81.8 Å². The SMILES string of the molecule is O=C1CCC(N2Cc3ccc(CN4CCSC45CNC5)cc3C2=O)C(=O)N1. The molecule has 1 aromatic rings. The van der Waals surface area contributed by atoms with Crippen molar-refractivity contribution in [2.45, 2.75) is 36.8 Å². The van der Waals surface area contributed by atoms with Crippen molar-refractivity contribution in [3.05, 3.63) is 34.9 Å². The summed E-state index contributed by atoms with van der Waals surface area (Å²) in [5, 5.41) is 5.72. The van der Waals surface area contributed by atoms with Gasteiger partial charge < -0.3 is 10.2 Å². The normalized spacial score (nSPS) is 27.0. The largest absolute Gasteiger partial charge is 0.322 e. The average Bonchev–Trinajstić information content (AvgIpc) is 3.17. The van der Waals surface area contributed by atoms with Gasteiger partial charge in [-0.05, 0) is 23.6 Å². The number of fused-ring (bicyclic) bond motifs is 1. The predicted molar refractivity (Wildman–Crippen MR) is 101 cm³/mol. The van der Waals surface area contributed by atoms with E-state index >= 15 is 0 Å². The molecule has 0 aliphatic carbocycles. The quantitative estimate of drug-likeness (QED) is 0.727. The molecule has 4 heterocycles. The van der Waals surface area contributed by atoms with Gasteiger partial charge in [-0.15, -0.1) is 11.8 Å². The third kappa shape index (κ3) is 2.78. The highest BCUT2D eigenvalue weighted by atomic mass is 32.2. The van der Waals surface area contributed by atoms with Gasteiger partial charge in [-0.2, -0.15) is 0 Å². The van der Waals surface area contributed by atoms with E-state index in [9.17, 15) is 14.4 Å². The standard InChI is InChI=1S/C19H22N4O3S/c24-16-4-3-15(17(25)21-16)23-9-13-2-1-12(7-14(13)18(23)26)8-22-5-6-27-19(22)10-20-11-19/h1-2,7,15,20H,3-6,8-11H2,(H,21,24,25). The van der Waals surface area contributed by atoms with Crippen molar-refractivity contribution in [3.63, 3.8) is 0 Å². The van der Waals surface area contributed by atoms with Crippen LogP contribution in [0, 0.1) is 0 Å². The maximum atomic E-state index is 12.9. The third-order valence-electron chi connectivity index (χ3n) is 6.08. The Morgan fingerprint density at radius 2 is 2.07 bits per heavy atom. The van der Waals surface area contributed by atoms with Crippen LogP contribution in [-0.4, -0.2) is 63.8 Å². The number of rotatable bonds is 3. The lowest BCUT2D eigenvalue weighted by molar-refractivity contribution is -0.136. The summed E-state index contributed by atoms with van der Waals surface area (Å²) in [6.07, 6.45) is 0.683. The van der Waals surface area contributed by atoms with Crippen molar-refractivity contribution in [1.82, 2.24) is 20.4 Å². The number of hydrogen-bond donors (Lipinski definition) is 2. The van der Waals surface area contributed by atoms with Gasteiger partial charge in [0, 0.05) is 50.5 Å². The summed E-state index contributed by atoms with van der Waals surface area (Å²) in [6, 6.07) is 5.56. The highest BCUT2D eigenvalue weighted by Crippen LogP contribution is 2.40. The van der Waals surface area contributed by atoms with Gasteiger partial charge in [0.2, 0.25) is 11.8 Å². The molecule has 5 rings (SSSR count). The van der Waals surface area contributed by atoms with Gasteiger partial charge in [0.05, 0.1) is 4.87 Å². The molecule has 3 amide bonds. The molecule has 2 N–H and O–H groups in total. The molecule has 1 atom stereocenters. The lowest BCUT2D eigenvalue weighted by Gasteiger charge is -2.45. The van der Waals surface area contributed by atoms with E-state index in [4.69, 9.17) is 0 Å². The Labute approximate surface area is 161 Å². The number of benzene rings is 1. The van der Waals surface area contributed by atoms with Crippen LogP contribution in [0.2, 0.25) is 0 Å². The Balaban J connectivity index is 1.34. The first kappa shape index (κ1) is 17.2. The van der Waals surface area contributed by atoms with Gasteiger partial charge in [-0.25, -0.2) is 0 Å². The lowest BCUT2D eigenvalue weighted by Crippen LogP contribution is -2.64. The molecule has 3 saturated heterocycles. The van der Waals surface area contributed by atoms with Gasteiger partial charge in [0.1, 0.15) is 6.04 Å². The van der Waals surface area contributed by atoms with Crippen LogP contribution >= 0.6 is 11.8 Å². The van der Waals surface area contributed by atoms with Crippen molar-refractivity contribution in [3.8, 4) is 0 Å². The lowest BCUT2D eigenvalue weighted by atomic mass is 10.0. The van der Waals surface area contributed by atoms with Crippen molar-refractivity contribution in [1.29, 1.82) is 0 Å². The highest BCUT2D eigenvalue weighted by Gasteiger charge is 2.46. The molecule has 4 aliphatic heterocycles. The number of carbonyl (C=O) groups is 3. The first-order valence-electron chi connectivity index (χ1n) is 9.42. The molecule has 1 unspecified atom stereocenters. The molecule has 0 radical (unpaired) electrons. The van der Waals surface area contributed by atoms with Crippen LogP contribution in [0.5, 0.6) is 0 Å². The van der Waals surface area contributed by atoms with Crippen LogP contribution in [0.25, 0.3) is 0 Å². The Bertz CT molecular complexity index is 838. The first-order chi connectivity index (χ1) is 13.1. The molecule has 0 bridgehead atoms. The maximum absolute atomic E-state index is 12.9. The zero-order valence-electron chi connectivity index (χ0n) is 15.0. The van der Waals surface area contributed by atoms with Crippen LogP contribution in [-0.2, 0) is 22.7 Å². The van der Waals surface area contributed by atoms with E-state index in [2.05, 4.69) is 21.6 Å². The number of carbonyl (C=O) groups excluding carboxylic acids is 3. The van der Waals surface area contributed by atoms with Crippen LogP contribution in [0.1, 0.15) is 34.3 Å². The molecule has 4 aliphatic rings. The Kier molecular flexibility index (Phi) is 4.03. The second-order valence-corrected chi connectivity index (χ2v) is 9.17. The molecule has 1 spiro atoms. The molecule has 3 fully saturated rings. The summed E-state index contributed by atoms with van der Waals surface area (Å²) < 4.78 is 0. The van der Waals surface area contributed by atoms with E-state index in [1.54, 1.807) is 4.90 Å². The molecule has 8 heteroatoms. The fourth-order valence-electron chi connectivity index (χ4n) is 4.45. The molecule has 0 aromatic heterocycles. The van der Waals surface area contributed by atoms with Gasteiger partial charge in [-0.1, -0.05) is 12.1 Å². The Hall–Kier alpha value is -1.90. The summed E-state index contributed by atoms with van der Waals surface area (Å²) >= 11 is 2.02. The maximum Gasteiger partial charge on any atom is 0.255 e. The Morgan fingerprint density at radius 3 is 2.81 bits per heavy atom. The summed E-state index contributed by atoms with van der Waals surface area (Å²) in [5.41, 5.74) is 2.80. The Morgan fingerprint density at radius 1 is 1.22 bits per heavy atom. The first-order valence-corrected chi connectivity index (χ1v) is 10.4. The molecule has 7 nitrogen and oxygen atoms in total. The number of amides is 3. The van der Waals surface area contributed by atoms with Crippen LogP contribution in [0.4, 0.5) is 0 Å². The van der Waals surface area contributed by atoms with E-state index in [0.717, 1.165) is 43.1 Å². The molecular weight excluding hydrogens is 364 g/mol. The minimum atomic E-state index is -0.551. The number of imide groups is 1. The van der Waals surface area contributed by atoms with Gasteiger partial charge in [0.25, 0.3) is 5.91 Å². The van der Waals surface area contributed by atoms with E-state index in [0.29, 0.717) is 18.5 Å². The third-order valence-corrected chi connectivity index (χ3v) is 7.55. The molecule has 0 saturated carbocycles. The predicted octanol–water partition coefficient (Wildman–Crippen LogP) is 0.296. The average molecular weight is 386 g/mol. The highest BCUT2D eigenvalue weighted by molar-refractivity contribution is 8.01. The molecule has 1 aromatic carbocycles. The zero-order chi connectivity index (χ0) is 18.6. The van der Waals surface area contributed by atoms with Crippen LogP contribution in [0.15, 0.2) is 18.2 Å². The van der Waals surface area contributed by atoms with Crippen molar-refractivity contribution >= 4 is 29.5 Å². The van der Waals surface area contributed by atoms with Crippen LogP contribution in [0.3, 0.4) is 0 Å². The molecular formula is C19H22N4O3S. The second kappa shape index (κ2) is 6.32. The summed E-state index contributed by atoms with van der Waals surface area (Å²) in [5.74, 6) is 0.429. The number of nitrogens with zero attached hydrogens (tertiary/aromatic N) is 2. The molecule has 27 heavy (non-hydrogen) atoms. The fourth-order valence-corrected chi connectivity index (χ4v) is 5.89. The van der Waals surface area contributed by atoms with E-state index < -0.39 is 6.04 Å². The van der Waals surface area contributed by atoms with E-state index in [-0.39, 0.29) is 29.0 Å². The monoisotopic (exact) mass is 386 g/mol. The van der Waals surface area contributed by atoms with Gasteiger partial charge >= 0.3 is 0 Å². The van der Waals surface area contributed by atoms with Crippen LogP contribution < -0.4 is 10.6 Å². The number of hydrogen-bond acceptors (Lipinski definition) is 6. The van der Waals surface area contributed by atoms with Gasteiger partial charge in [0.15, 0.2) is 0 Å². The second-order valence-electron chi connectivity index (χ2n) is 7.71. The zero-order valence-corrected chi connectivity index (χ0v) is 15.8. The summed E-state index contributed by atoms with van der Waals surface area (Å²) in [4.78, 5) is 40.8. The van der Waals surface area contributed by atoms with E-state index in [1.807, 2.05) is 23.9 Å². The minimum absolute atomic E-state index is 0.0998. The number of nitrogens with one attached hydrogen (secondary N) is 2. The summed E-state index contributed by atoms with van der Waals surface area (Å²) in [7, 11) is 0. The fraction of sp³-hybridized carbons (Fsp3) is 0.526. The van der Waals surface area contributed by atoms with E-state index in [1.165, 1.54) is 0 Å². The molecule has 142 valence electrons. The summed E-state index contributed by atoms with van der Waals surface area (Å²) in [6.45, 7) is 4.39. The number of thioether (sulfide) groups is 1. The number of piperidine rings is 1. The smallest absolute Gasteiger partial charge is 0.255 e. The van der Waals surface area contributed by atoms with Crippen molar-refractivity contribution < 1.29 is 14.4 Å².